The normalized spacial score (nSPS) is 23.4. The first-order chi connectivity index (χ1) is 20.4. The molecule has 2 atom stereocenters. The van der Waals surface area contributed by atoms with Gasteiger partial charge in [0.2, 0.25) is 5.91 Å². The molecule has 1 saturated heterocycles. The Morgan fingerprint density at radius 1 is 1.12 bits per heavy atom. The lowest BCUT2D eigenvalue weighted by Gasteiger charge is -2.44. The minimum Gasteiger partial charge on any atom is -0.382 e. The Labute approximate surface area is 252 Å². The molecule has 3 aromatic rings. The van der Waals surface area contributed by atoms with Crippen LogP contribution in [0.3, 0.4) is 0 Å². The molecule has 1 saturated carbocycles. The van der Waals surface area contributed by atoms with Crippen LogP contribution in [0.5, 0.6) is 0 Å². The number of aryl methyl sites for hydroxylation is 1. The van der Waals surface area contributed by atoms with E-state index in [0.29, 0.717) is 32.2 Å². The summed E-state index contributed by atoms with van der Waals surface area (Å²) < 4.78 is 47.1. The molecule has 1 N–H and O–H groups in total. The monoisotopic (exact) mass is 619 g/mol. The predicted octanol–water partition coefficient (Wildman–Crippen LogP) is 6.39. The van der Waals surface area contributed by atoms with Gasteiger partial charge in [0.1, 0.15) is 17.2 Å². The van der Waals surface area contributed by atoms with Crippen molar-refractivity contribution in [2.45, 2.75) is 83.4 Å². The zero-order valence-electron chi connectivity index (χ0n) is 24.4. The third kappa shape index (κ3) is 7.44. The lowest BCUT2D eigenvalue weighted by molar-refractivity contribution is -0.388. The van der Waals surface area contributed by atoms with Crippen LogP contribution in [0.2, 0.25) is 0 Å². The summed E-state index contributed by atoms with van der Waals surface area (Å²) in [6.45, 7) is 8.34. The minimum atomic E-state index is -4.82. The molecule has 5 rings (SSSR count). The first-order valence-electron chi connectivity index (χ1n) is 14.5. The van der Waals surface area contributed by atoms with Crippen molar-refractivity contribution in [2.75, 3.05) is 25.0 Å². The molecule has 43 heavy (non-hydrogen) atoms. The maximum atomic E-state index is 13.3. The van der Waals surface area contributed by atoms with E-state index in [9.17, 15) is 28.1 Å². The summed E-state index contributed by atoms with van der Waals surface area (Å²) in [6.07, 6.45) is -2.32. The average molecular weight is 620 g/mol. The van der Waals surface area contributed by atoms with Crippen molar-refractivity contribution < 1.29 is 27.6 Å². The van der Waals surface area contributed by atoms with Crippen LogP contribution in [-0.2, 0) is 22.3 Å². The molecule has 2 aliphatic rings. The molecular weight excluding hydrogens is 583 g/mol. The van der Waals surface area contributed by atoms with Crippen molar-refractivity contribution in [1.82, 2.24) is 14.8 Å². The Morgan fingerprint density at radius 3 is 2.56 bits per heavy atom. The second-order valence-electron chi connectivity index (χ2n) is 11.7. The smallest absolute Gasteiger partial charge is 0.382 e. The Balaban J connectivity index is 1.08. The average Bonchev–Trinajstić information content (AvgIpc) is 3.35. The fourth-order valence-corrected chi connectivity index (χ4v) is 6.96. The molecule has 9 nitrogen and oxygen atoms in total. The summed E-state index contributed by atoms with van der Waals surface area (Å²) in [5, 5.41) is 15.2. The van der Waals surface area contributed by atoms with Gasteiger partial charge in [0, 0.05) is 43.0 Å². The molecule has 0 radical (unpaired) electrons. The number of nitrogens with zero attached hydrogens (tertiary/aromatic N) is 4. The van der Waals surface area contributed by atoms with Crippen molar-refractivity contribution >= 4 is 38.8 Å². The molecule has 13 heteroatoms. The van der Waals surface area contributed by atoms with Gasteiger partial charge in [-0.3, -0.25) is 19.8 Å². The number of rotatable bonds is 8. The zero-order valence-corrected chi connectivity index (χ0v) is 25.2. The Bertz CT molecular complexity index is 1470. The number of carbonyl (C=O) groups excluding carboxylic acids is 1. The number of halogens is 3. The number of nitro benzene ring substituents is 1. The molecule has 1 aliphatic carbocycles. The molecule has 2 fully saturated rings. The van der Waals surface area contributed by atoms with Crippen molar-refractivity contribution in [3.8, 4) is 0 Å². The fourth-order valence-electron chi connectivity index (χ4n) is 5.99. The number of nitro groups is 1. The lowest BCUT2D eigenvalue weighted by Crippen LogP contribution is -2.58. The number of amides is 1. The highest BCUT2D eigenvalue weighted by Crippen LogP contribution is 2.38. The van der Waals surface area contributed by atoms with Crippen molar-refractivity contribution in [2.24, 2.45) is 0 Å². The maximum absolute atomic E-state index is 13.3. The van der Waals surface area contributed by atoms with Gasteiger partial charge in [0.05, 0.1) is 27.8 Å². The highest BCUT2D eigenvalue weighted by molar-refractivity contribution is 7.18. The fraction of sp³-hybridized carbons (Fsp3) is 0.533. The van der Waals surface area contributed by atoms with Crippen LogP contribution in [0.1, 0.15) is 55.7 Å². The van der Waals surface area contributed by atoms with Gasteiger partial charge in [0.25, 0.3) is 5.69 Å². The van der Waals surface area contributed by atoms with E-state index in [1.807, 2.05) is 4.90 Å². The van der Waals surface area contributed by atoms with Crippen LogP contribution < -0.4 is 5.32 Å². The summed E-state index contributed by atoms with van der Waals surface area (Å²) in [5.41, 5.74) is 0.175. The molecule has 1 amide bonds. The van der Waals surface area contributed by atoms with E-state index in [1.165, 1.54) is 16.3 Å². The van der Waals surface area contributed by atoms with Gasteiger partial charge in [-0.1, -0.05) is 6.07 Å². The number of anilines is 1. The molecule has 0 bridgehead atoms. The predicted molar refractivity (Wildman–Crippen MR) is 159 cm³/mol. The van der Waals surface area contributed by atoms with E-state index in [-0.39, 0.29) is 42.4 Å². The van der Waals surface area contributed by atoms with Crippen LogP contribution in [0.25, 0.3) is 10.2 Å². The van der Waals surface area contributed by atoms with Crippen molar-refractivity contribution in [3.63, 3.8) is 0 Å². The molecule has 2 aromatic carbocycles. The van der Waals surface area contributed by atoms with Crippen LogP contribution in [0, 0.1) is 17.0 Å². The van der Waals surface area contributed by atoms with E-state index in [4.69, 9.17) is 9.72 Å². The largest absolute Gasteiger partial charge is 0.423 e. The van der Waals surface area contributed by atoms with Crippen LogP contribution in [0.15, 0.2) is 36.4 Å². The second kappa shape index (κ2) is 12.7. The van der Waals surface area contributed by atoms with E-state index in [1.54, 1.807) is 11.3 Å². The molecule has 2 heterocycles. The quantitative estimate of drug-likeness (QED) is 0.230. The molecule has 1 aliphatic heterocycles. The number of hydrogen-bond acceptors (Lipinski definition) is 8. The Morgan fingerprint density at radius 2 is 1.86 bits per heavy atom. The highest BCUT2D eigenvalue weighted by Gasteiger charge is 2.39. The number of nitrogens with one attached hydrogen (secondary N) is 1. The minimum absolute atomic E-state index is 0.00562. The van der Waals surface area contributed by atoms with Gasteiger partial charge in [0.15, 0.2) is 0 Å². The standard InChI is InChI=1S/C30H36F3N5O4S/c1-18-4-11-27-25(12-18)35-28(43-27)16-36-14-20(3)37(15-19(36)2)29(39)17-42-23-8-5-21(6-9-23)34-22-7-10-26(38(40)41)24(13-22)30(31,32)33/h4,7,10-13,19-21,23,34H,5-6,8-9,14-17H2,1-3H3/t19-,20+,21?,23?/m0/s1. The van der Waals surface area contributed by atoms with Crippen LogP contribution >= 0.6 is 11.3 Å². The summed E-state index contributed by atoms with van der Waals surface area (Å²) in [5.74, 6) is -0.0414. The maximum Gasteiger partial charge on any atom is 0.423 e. The number of alkyl halides is 3. The van der Waals surface area contributed by atoms with E-state index >= 15 is 0 Å². The van der Waals surface area contributed by atoms with Gasteiger partial charge < -0.3 is 15.0 Å². The first-order valence-corrected chi connectivity index (χ1v) is 15.3. The molecule has 232 valence electrons. The highest BCUT2D eigenvalue weighted by atomic mass is 32.1. The number of ether oxygens (including phenoxy) is 1. The van der Waals surface area contributed by atoms with Gasteiger partial charge in [-0.2, -0.15) is 13.2 Å². The van der Waals surface area contributed by atoms with E-state index in [0.717, 1.165) is 35.7 Å². The first kappa shape index (κ1) is 31.1. The van der Waals surface area contributed by atoms with Crippen molar-refractivity contribution in [1.29, 1.82) is 0 Å². The third-order valence-electron chi connectivity index (χ3n) is 8.35. The van der Waals surface area contributed by atoms with Crippen LogP contribution in [0.4, 0.5) is 24.5 Å². The Kier molecular flexibility index (Phi) is 9.23. The number of benzene rings is 2. The summed E-state index contributed by atoms with van der Waals surface area (Å²) in [6, 6.07) is 9.41. The lowest BCUT2D eigenvalue weighted by atomic mass is 9.92. The zero-order chi connectivity index (χ0) is 30.9. The number of fused-ring (bicyclic) bond motifs is 1. The molecule has 1 aromatic heterocycles. The number of aromatic nitrogens is 1. The van der Waals surface area contributed by atoms with E-state index < -0.39 is 22.4 Å². The second-order valence-corrected chi connectivity index (χ2v) is 12.8. The van der Waals surface area contributed by atoms with Gasteiger partial charge in [-0.15, -0.1) is 11.3 Å². The number of carbonyl (C=O) groups is 1. The molecular formula is C30H36F3N5O4S. The SMILES string of the molecule is Cc1ccc2sc(CN3C[C@@H](C)N(C(=O)COC4CCC(Nc5ccc([N+](=O)[O-])c(C(F)(F)F)c5)CC4)C[C@@H]3C)nc2c1. The summed E-state index contributed by atoms with van der Waals surface area (Å²) in [7, 11) is 0. The number of hydrogen-bond donors (Lipinski definition) is 1. The van der Waals surface area contributed by atoms with Crippen molar-refractivity contribution in [3.05, 3.63) is 62.6 Å². The van der Waals surface area contributed by atoms with Gasteiger partial charge >= 0.3 is 6.18 Å². The van der Waals surface area contributed by atoms with E-state index in [2.05, 4.69) is 49.2 Å². The van der Waals surface area contributed by atoms with Crippen LogP contribution in [-0.4, -0.2) is 69.5 Å². The number of thiazole rings is 1. The molecule has 0 spiro atoms. The molecule has 0 unspecified atom stereocenters. The summed E-state index contributed by atoms with van der Waals surface area (Å²) in [4.78, 5) is 32.2. The Hall–Kier alpha value is -3.29. The van der Waals surface area contributed by atoms with Gasteiger partial charge in [-0.25, -0.2) is 4.98 Å². The summed E-state index contributed by atoms with van der Waals surface area (Å²) >= 11 is 1.71. The van der Waals surface area contributed by atoms with Gasteiger partial charge in [-0.05, 0) is 76.3 Å². The number of piperazine rings is 1. The topological polar surface area (TPSA) is 101 Å². The third-order valence-corrected chi connectivity index (χ3v) is 9.37.